The molecule has 0 spiro atoms. The summed E-state index contributed by atoms with van der Waals surface area (Å²) in [5.74, 6) is -1.38. The molecule has 0 fully saturated rings. The molecule has 0 unspecified atom stereocenters. The molecule has 0 bridgehead atoms. The van der Waals surface area contributed by atoms with Crippen LogP contribution in [0.15, 0.2) is 0 Å². The fourth-order valence-corrected chi connectivity index (χ4v) is 4.96. The van der Waals surface area contributed by atoms with E-state index < -0.39 is 24.7 Å². The second-order valence-corrected chi connectivity index (χ2v) is 11.1. The lowest BCUT2D eigenvalue weighted by Crippen LogP contribution is -2.72. The summed E-state index contributed by atoms with van der Waals surface area (Å²) in [6.45, 7) is 1.66. The van der Waals surface area contributed by atoms with Crippen LogP contribution in [0.1, 0.15) is 142 Å². The fourth-order valence-electron chi connectivity index (χ4n) is 4.96. The largest absolute Gasteiger partial charge is 0.544 e. The average molecular weight is 486 g/mol. The number of hydrogen-bond donors (Lipinski definition) is 2. The summed E-state index contributed by atoms with van der Waals surface area (Å²) in [7, 11) is 3.50. The van der Waals surface area contributed by atoms with Crippen LogP contribution in [-0.4, -0.2) is 60.1 Å². The number of aliphatic hydroxyl groups is 2. The van der Waals surface area contributed by atoms with Crippen LogP contribution in [0.4, 0.5) is 0 Å². The van der Waals surface area contributed by atoms with Gasteiger partial charge in [-0.1, -0.05) is 129 Å². The Morgan fingerprint density at radius 3 is 1.09 bits per heavy atom. The lowest BCUT2D eigenvalue weighted by molar-refractivity contribution is -0.935. The predicted octanol–water partition coefficient (Wildman–Crippen LogP) is 5.75. The first-order valence-electron chi connectivity index (χ1n) is 14.6. The van der Waals surface area contributed by atoms with E-state index in [4.69, 9.17) is 0 Å². The van der Waals surface area contributed by atoms with Gasteiger partial charge in [0.25, 0.3) is 0 Å². The molecular formula is C29H59NO4. The van der Waals surface area contributed by atoms with Gasteiger partial charge in [0.2, 0.25) is 0 Å². The average Bonchev–Trinajstić information content (AvgIpc) is 2.80. The van der Waals surface area contributed by atoms with Crippen molar-refractivity contribution >= 4 is 5.97 Å². The van der Waals surface area contributed by atoms with Gasteiger partial charge in [0.15, 0.2) is 5.54 Å². The van der Waals surface area contributed by atoms with Crippen molar-refractivity contribution in [3.63, 3.8) is 0 Å². The Bertz CT molecular complexity index is 463. The zero-order valence-electron chi connectivity index (χ0n) is 23.1. The molecular weight excluding hydrogens is 426 g/mol. The van der Waals surface area contributed by atoms with Gasteiger partial charge in [0.1, 0.15) is 19.2 Å². The highest BCUT2D eigenvalue weighted by atomic mass is 16.4. The Labute approximate surface area is 211 Å². The van der Waals surface area contributed by atoms with Gasteiger partial charge in [0, 0.05) is 0 Å². The summed E-state index contributed by atoms with van der Waals surface area (Å²) in [6, 6.07) is 0. The van der Waals surface area contributed by atoms with Crippen molar-refractivity contribution in [3.8, 4) is 0 Å². The first-order valence-corrected chi connectivity index (χ1v) is 14.6. The van der Waals surface area contributed by atoms with Crippen LogP contribution in [0.5, 0.6) is 0 Å². The summed E-state index contributed by atoms with van der Waals surface area (Å²) in [6.07, 6.45) is 28.1. The number of aliphatic hydroxyl groups excluding tert-OH is 2. The number of hydrogen-bond acceptors (Lipinski definition) is 4. The van der Waals surface area contributed by atoms with Gasteiger partial charge < -0.3 is 24.6 Å². The van der Waals surface area contributed by atoms with Gasteiger partial charge in [-0.05, 0) is 12.8 Å². The van der Waals surface area contributed by atoms with Crippen LogP contribution in [-0.2, 0) is 4.79 Å². The SMILES string of the molecule is CCCCCCCCCCCCCCCCCCCCCCC[N+](C)(C)C(CO)(CO)C(=O)[O-]. The van der Waals surface area contributed by atoms with E-state index in [0.29, 0.717) is 6.54 Å². The molecule has 0 heterocycles. The third-order valence-corrected chi connectivity index (χ3v) is 7.88. The third-order valence-electron chi connectivity index (χ3n) is 7.88. The van der Waals surface area contributed by atoms with Crippen LogP contribution in [0, 0.1) is 0 Å². The molecule has 0 saturated carbocycles. The van der Waals surface area contributed by atoms with Gasteiger partial charge in [-0.25, -0.2) is 0 Å². The first-order chi connectivity index (χ1) is 16.4. The summed E-state index contributed by atoms with van der Waals surface area (Å²) < 4.78 is 0.0431. The molecule has 0 atom stereocenters. The molecule has 0 aromatic rings. The van der Waals surface area contributed by atoms with Gasteiger partial charge in [-0.3, -0.25) is 0 Å². The monoisotopic (exact) mass is 485 g/mol. The molecule has 0 aliphatic rings. The van der Waals surface area contributed by atoms with E-state index in [-0.39, 0.29) is 4.48 Å². The molecule has 0 aliphatic heterocycles. The molecule has 2 N–H and O–H groups in total. The smallest absolute Gasteiger partial charge is 0.185 e. The number of rotatable bonds is 26. The number of carboxylic acid groups (broad SMARTS) is 1. The van der Waals surface area contributed by atoms with Crippen LogP contribution >= 0.6 is 0 Å². The highest BCUT2D eigenvalue weighted by molar-refractivity contribution is 5.75. The predicted molar refractivity (Wildman–Crippen MR) is 142 cm³/mol. The molecule has 34 heavy (non-hydrogen) atoms. The molecule has 5 heteroatoms. The highest BCUT2D eigenvalue weighted by Gasteiger charge is 2.46. The number of carbonyl (C=O) groups is 1. The number of likely N-dealkylation sites (N-methyl/N-ethyl adjacent to an activating group) is 1. The molecule has 5 nitrogen and oxygen atoms in total. The Kier molecular flexibility index (Phi) is 21.2. The van der Waals surface area contributed by atoms with E-state index in [0.717, 1.165) is 19.3 Å². The number of aliphatic carboxylic acids is 1. The summed E-state index contributed by atoms with van der Waals surface area (Å²) >= 11 is 0. The van der Waals surface area contributed by atoms with Crippen LogP contribution in [0.3, 0.4) is 0 Å². The molecule has 0 rings (SSSR count). The molecule has 0 radical (unpaired) electrons. The Morgan fingerprint density at radius 1 is 0.588 bits per heavy atom. The normalized spacial score (nSPS) is 12.4. The maximum Gasteiger partial charge on any atom is 0.185 e. The van der Waals surface area contributed by atoms with Crippen molar-refractivity contribution in [2.75, 3.05) is 33.9 Å². The van der Waals surface area contributed by atoms with E-state index in [1.807, 2.05) is 0 Å². The van der Waals surface area contributed by atoms with Gasteiger partial charge in [0.05, 0.1) is 20.6 Å². The zero-order chi connectivity index (χ0) is 25.5. The Balaban J connectivity index is 3.45. The summed E-state index contributed by atoms with van der Waals surface area (Å²) in [4.78, 5) is 11.5. The second kappa shape index (κ2) is 21.6. The highest BCUT2D eigenvalue weighted by Crippen LogP contribution is 2.22. The fraction of sp³-hybridized carbons (Fsp3) is 0.966. The van der Waals surface area contributed by atoms with Crippen molar-refractivity contribution in [1.82, 2.24) is 0 Å². The van der Waals surface area contributed by atoms with Crippen molar-refractivity contribution in [3.05, 3.63) is 0 Å². The number of nitrogens with zero attached hydrogens (tertiary/aromatic N) is 1. The molecule has 0 aromatic carbocycles. The van der Waals surface area contributed by atoms with Crippen molar-refractivity contribution in [1.29, 1.82) is 0 Å². The maximum atomic E-state index is 11.5. The summed E-state index contributed by atoms with van der Waals surface area (Å²) in [5, 5.41) is 30.6. The van der Waals surface area contributed by atoms with Gasteiger partial charge >= 0.3 is 0 Å². The standard InChI is InChI=1S/C29H59NO4/c1-4-5-6-7-8-9-10-11-12-13-14-15-16-17-18-19-20-21-22-23-24-25-30(2,3)29(26-31,27-32)28(33)34/h31-32H,4-27H2,1-3H3. The van der Waals surface area contributed by atoms with E-state index in [9.17, 15) is 20.1 Å². The van der Waals surface area contributed by atoms with Crippen LogP contribution in [0.25, 0.3) is 0 Å². The molecule has 0 aromatic heterocycles. The lowest BCUT2D eigenvalue weighted by atomic mass is 9.96. The molecule has 0 saturated heterocycles. The topological polar surface area (TPSA) is 80.6 Å². The van der Waals surface area contributed by atoms with Gasteiger partial charge in [-0.15, -0.1) is 0 Å². The van der Waals surface area contributed by atoms with E-state index in [1.165, 1.54) is 116 Å². The molecule has 204 valence electrons. The number of carbonyl (C=O) groups excluding carboxylic acids is 1. The van der Waals surface area contributed by atoms with Crippen LogP contribution in [0.2, 0.25) is 0 Å². The first kappa shape index (κ1) is 33.4. The van der Waals surface area contributed by atoms with E-state index in [1.54, 1.807) is 14.1 Å². The number of carboxylic acids is 1. The number of unbranched alkanes of at least 4 members (excludes halogenated alkanes) is 20. The lowest BCUT2D eigenvalue weighted by Gasteiger charge is -2.47. The van der Waals surface area contributed by atoms with Crippen LogP contribution < -0.4 is 5.11 Å². The molecule has 0 aliphatic carbocycles. The van der Waals surface area contributed by atoms with E-state index in [2.05, 4.69) is 6.92 Å². The summed E-state index contributed by atoms with van der Waals surface area (Å²) in [5.41, 5.74) is -1.63. The minimum Gasteiger partial charge on any atom is -0.544 e. The van der Waals surface area contributed by atoms with E-state index >= 15 is 0 Å². The van der Waals surface area contributed by atoms with Crippen molar-refractivity contribution in [2.24, 2.45) is 0 Å². The second-order valence-electron chi connectivity index (χ2n) is 11.1. The van der Waals surface area contributed by atoms with Crippen molar-refractivity contribution in [2.45, 2.75) is 147 Å². The molecule has 0 amide bonds. The minimum absolute atomic E-state index is 0.0431. The Hall–Kier alpha value is -0.650. The number of quaternary nitrogens is 1. The zero-order valence-corrected chi connectivity index (χ0v) is 23.1. The Morgan fingerprint density at radius 2 is 0.853 bits per heavy atom. The van der Waals surface area contributed by atoms with Crippen molar-refractivity contribution < 1.29 is 24.6 Å². The third kappa shape index (κ3) is 14.7. The minimum atomic E-state index is -1.63. The van der Waals surface area contributed by atoms with Gasteiger partial charge in [-0.2, -0.15) is 0 Å². The quantitative estimate of drug-likeness (QED) is 0.121. The maximum absolute atomic E-state index is 11.5.